The summed E-state index contributed by atoms with van der Waals surface area (Å²) in [6.07, 6.45) is 1.06. The topological polar surface area (TPSA) is 83.1 Å². The van der Waals surface area contributed by atoms with Gasteiger partial charge in [-0.25, -0.2) is 4.79 Å². The third kappa shape index (κ3) is 5.34. The van der Waals surface area contributed by atoms with Crippen LogP contribution in [0.5, 0.6) is 11.5 Å². The summed E-state index contributed by atoms with van der Waals surface area (Å²) >= 11 is 1.54. The monoisotopic (exact) mass is 511 g/mol. The highest BCUT2D eigenvalue weighted by Gasteiger charge is 2.42. The average molecular weight is 512 g/mol. The van der Waals surface area contributed by atoms with Crippen LogP contribution < -0.4 is 14.8 Å². The number of allylic oxidation sites excluding steroid dienone is 3. The van der Waals surface area contributed by atoms with E-state index in [1.807, 2.05) is 56.5 Å². The van der Waals surface area contributed by atoms with Gasteiger partial charge in [-0.15, -0.1) is 11.3 Å². The van der Waals surface area contributed by atoms with Crippen molar-refractivity contribution in [3.63, 3.8) is 0 Å². The second-order valence-electron chi connectivity index (χ2n) is 9.20. The first-order chi connectivity index (χ1) is 17.3. The second-order valence-corrected chi connectivity index (χ2v) is 10.2. The van der Waals surface area contributed by atoms with Crippen LogP contribution in [0.3, 0.4) is 0 Å². The van der Waals surface area contributed by atoms with Gasteiger partial charge < -0.3 is 24.3 Å². The highest BCUT2D eigenvalue weighted by atomic mass is 32.1. The maximum atomic E-state index is 13.7. The lowest BCUT2D eigenvalue weighted by Gasteiger charge is -2.36. The smallest absolute Gasteiger partial charge is 0.336 e. The molecule has 1 aromatic heterocycles. The van der Waals surface area contributed by atoms with Crippen molar-refractivity contribution in [1.29, 1.82) is 0 Å². The Morgan fingerprint density at radius 2 is 1.89 bits per heavy atom. The normalized spacial score (nSPS) is 19.8. The van der Waals surface area contributed by atoms with Gasteiger partial charge in [0.15, 0.2) is 17.3 Å². The molecule has 0 spiro atoms. The molecule has 8 heteroatoms. The maximum Gasteiger partial charge on any atom is 0.336 e. The first-order valence-corrected chi connectivity index (χ1v) is 13.0. The van der Waals surface area contributed by atoms with Crippen LogP contribution in [0.2, 0.25) is 0 Å². The Kier molecular flexibility index (Phi) is 8.16. The Bertz CT molecular complexity index is 1180. The van der Waals surface area contributed by atoms with Gasteiger partial charge in [-0.1, -0.05) is 12.1 Å². The minimum atomic E-state index is -0.446. The zero-order valence-corrected chi connectivity index (χ0v) is 22.2. The molecule has 2 heterocycles. The van der Waals surface area contributed by atoms with Crippen LogP contribution in [0.15, 0.2) is 58.3 Å². The van der Waals surface area contributed by atoms with Crippen LogP contribution in [-0.2, 0) is 19.1 Å². The molecule has 2 aromatic rings. The van der Waals surface area contributed by atoms with Crippen molar-refractivity contribution in [2.24, 2.45) is 0 Å². The van der Waals surface area contributed by atoms with E-state index in [0.717, 1.165) is 16.1 Å². The van der Waals surface area contributed by atoms with Crippen LogP contribution in [0.1, 0.15) is 55.9 Å². The molecule has 1 aromatic carbocycles. The van der Waals surface area contributed by atoms with Gasteiger partial charge in [0.25, 0.3) is 0 Å². The standard InChI is InChI=1S/C28H33NO6S/c1-16(2)34-10-11-35-28(31)25-17(3)29-20-13-19(18-8-9-22(32-4)23(15-18)33-5)14-21(30)26(20)27(25)24-7-6-12-36-24/h6-9,12,15-16,19,27,29H,10-11,13-14H2,1-5H3/t19-,27-/m0/s1. The van der Waals surface area contributed by atoms with E-state index in [2.05, 4.69) is 5.32 Å². The Hall–Kier alpha value is -3.10. The number of methoxy groups -OCH3 is 2. The number of ketones is 1. The molecule has 0 fully saturated rings. The van der Waals surface area contributed by atoms with Gasteiger partial charge in [0, 0.05) is 28.3 Å². The second kappa shape index (κ2) is 11.3. The molecule has 1 aliphatic heterocycles. The molecule has 0 saturated carbocycles. The fourth-order valence-electron chi connectivity index (χ4n) is 4.89. The van der Waals surface area contributed by atoms with Gasteiger partial charge >= 0.3 is 5.97 Å². The minimum Gasteiger partial charge on any atom is -0.493 e. The summed E-state index contributed by atoms with van der Waals surface area (Å²) in [4.78, 5) is 27.8. The predicted molar refractivity (Wildman–Crippen MR) is 138 cm³/mol. The highest BCUT2D eigenvalue weighted by molar-refractivity contribution is 7.10. The summed E-state index contributed by atoms with van der Waals surface area (Å²) in [5, 5.41) is 5.35. The summed E-state index contributed by atoms with van der Waals surface area (Å²) in [7, 11) is 3.21. The Morgan fingerprint density at radius 3 is 2.56 bits per heavy atom. The first kappa shape index (κ1) is 26.0. The number of hydrogen-bond acceptors (Lipinski definition) is 8. The minimum absolute atomic E-state index is 0.0120. The van der Waals surface area contributed by atoms with Crippen LogP contribution in [0.4, 0.5) is 0 Å². The number of hydrogen-bond donors (Lipinski definition) is 1. The van der Waals surface area contributed by atoms with E-state index in [-0.39, 0.29) is 24.4 Å². The van der Waals surface area contributed by atoms with E-state index < -0.39 is 11.9 Å². The summed E-state index contributed by atoms with van der Waals surface area (Å²) in [6, 6.07) is 9.70. The number of Topliss-reactive ketones (excluding diaryl/α,β-unsaturated/α-hetero) is 1. The number of esters is 1. The number of benzene rings is 1. The molecular formula is C28H33NO6S. The van der Waals surface area contributed by atoms with Crippen molar-refractivity contribution < 1.29 is 28.5 Å². The molecular weight excluding hydrogens is 478 g/mol. The Labute approximate surface area is 216 Å². The summed E-state index contributed by atoms with van der Waals surface area (Å²) in [6.45, 7) is 6.23. The molecule has 1 aliphatic carbocycles. The van der Waals surface area contributed by atoms with E-state index in [4.69, 9.17) is 18.9 Å². The number of rotatable bonds is 9. The molecule has 1 N–H and O–H groups in total. The fraction of sp³-hybridized carbons (Fsp3) is 0.429. The zero-order chi connectivity index (χ0) is 25.8. The van der Waals surface area contributed by atoms with E-state index >= 15 is 0 Å². The van der Waals surface area contributed by atoms with Crippen molar-refractivity contribution in [2.45, 2.75) is 51.6 Å². The summed E-state index contributed by atoms with van der Waals surface area (Å²) < 4.78 is 21.9. The summed E-state index contributed by atoms with van der Waals surface area (Å²) in [5.74, 6) is 0.436. The van der Waals surface area contributed by atoms with Gasteiger partial charge in [-0.3, -0.25) is 4.79 Å². The number of thiophene rings is 1. The number of carbonyl (C=O) groups excluding carboxylic acids is 2. The van der Waals surface area contributed by atoms with Crippen LogP contribution in [-0.4, -0.2) is 45.3 Å². The summed E-state index contributed by atoms with van der Waals surface area (Å²) in [5.41, 5.74) is 3.73. The third-order valence-corrected chi connectivity index (χ3v) is 7.46. The van der Waals surface area contributed by atoms with E-state index in [1.54, 1.807) is 14.2 Å². The van der Waals surface area contributed by atoms with Crippen molar-refractivity contribution in [3.05, 3.63) is 68.7 Å². The molecule has 0 radical (unpaired) electrons. The largest absolute Gasteiger partial charge is 0.493 e. The van der Waals surface area contributed by atoms with E-state index in [0.29, 0.717) is 47.8 Å². The van der Waals surface area contributed by atoms with Crippen molar-refractivity contribution in [2.75, 3.05) is 27.4 Å². The third-order valence-electron chi connectivity index (χ3n) is 6.52. The lowest BCUT2D eigenvalue weighted by Crippen LogP contribution is -2.36. The van der Waals surface area contributed by atoms with E-state index in [1.165, 1.54) is 11.3 Å². The first-order valence-electron chi connectivity index (χ1n) is 12.1. The quantitative estimate of drug-likeness (QED) is 0.371. The van der Waals surface area contributed by atoms with Gasteiger partial charge in [0.1, 0.15) is 6.61 Å². The van der Waals surface area contributed by atoms with Gasteiger partial charge in [0.05, 0.1) is 38.4 Å². The molecule has 4 rings (SSSR count). The molecule has 7 nitrogen and oxygen atoms in total. The number of nitrogens with one attached hydrogen (secondary N) is 1. The van der Waals surface area contributed by atoms with Crippen molar-refractivity contribution in [1.82, 2.24) is 5.32 Å². The number of ether oxygens (including phenoxy) is 4. The van der Waals surface area contributed by atoms with Crippen molar-refractivity contribution in [3.8, 4) is 11.5 Å². The van der Waals surface area contributed by atoms with Crippen LogP contribution in [0, 0.1) is 0 Å². The lowest BCUT2D eigenvalue weighted by molar-refractivity contribution is -0.141. The molecule has 2 atom stereocenters. The van der Waals surface area contributed by atoms with Gasteiger partial charge in [-0.2, -0.15) is 0 Å². The fourth-order valence-corrected chi connectivity index (χ4v) is 5.73. The predicted octanol–water partition coefficient (Wildman–Crippen LogP) is 5.10. The molecule has 0 unspecified atom stereocenters. The molecule has 0 amide bonds. The van der Waals surface area contributed by atoms with Crippen LogP contribution in [0.25, 0.3) is 0 Å². The molecule has 36 heavy (non-hydrogen) atoms. The molecule has 2 aliphatic rings. The molecule has 0 bridgehead atoms. The van der Waals surface area contributed by atoms with Gasteiger partial charge in [-0.05, 0) is 62.3 Å². The number of dihydropyridines is 1. The average Bonchev–Trinajstić information content (AvgIpc) is 3.39. The number of carbonyl (C=O) groups is 2. The van der Waals surface area contributed by atoms with Gasteiger partial charge in [0.2, 0.25) is 0 Å². The molecule has 0 saturated heterocycles. The van der Waals surface area contributed by atoms with E-state index in [9.17, 15) is 9.59 Å². The molecule has 192 valence electrons. The van der Waals surface area contributed by atoms with Crippen LogP contribution >= 0.6 is 11.3 Å². The van der Waals surface area contributed by atoms with Crippen molar-refractivity contribution >= 4 is 23.1 Å². The SMILES string of the molecule is COc1ccc([C@@H]2CC(=O)C3=C(C2)NC(C)=C(C(=O)OCCOC(C)C)[C@@H]3c2cccs2)cc1OC. The Balaban J connectivity index is 1.63. The maximum absolute atomic E-state index is 13.7. The zero-order valence-electron chi connectivity index (χ0n) is 21.4. The lowest BCUT2D eigenvalue weighted by atomic mass is 9.73. The highest BCUT2D eigenvalue weighted by Crippen LogP contribution is 2.47. The Morgan fingerprint density at radius 1 is 1.11 bits per heavy atom.